The van der Waals surface area contributed by atoms with Crippen molar-refractivity contribution in [2.24, 2.45) is 0 Å². The molecule has 2 aromatic rings. The van der Waals surface area contributed by atoms with Gasteiger partial charge in [0.2, 0.25) is 10.0 Å². The van der Waals surface area contributed by atoms with Crippen LogP contribution in [0.5, 0.6) is 5.75 Å². The summed E-state index contributed by atoms with van der Waals surface area (Å²) >= 11 is 0. The molecule has 0 saturated carbocycles. The minimum atomic E-state index is -3.92. The van der Waals surface area contributed by atoms with Crippen LogP contribution in [-0.2, 0) is 21.4 Å². The molecule has 2 unspecified atom stereocenters. The van der Waals surface area contributed by atoms with Gasteiger partial charge in [-0.1, -0.05) is 24.3 Å². The van der Waals surface area contributed by atoms with Crippen molar-refractivity contribution in [3.8, 4) is 5.75 Å². The Labute approximate surface area is 165 Å². The van der Waals surface area contributed by atoms with Crippen molar-refractivity contribution < 1.29 is 23.1 Å². The van der Waals surface area contributed by atoms with Crippen LogP contribution in [0.15, 0.2) is 53.4 Å². The number of carboxylic acid groups (broad SMARTS) is 1. The van der Waals surface area contributed by atoms with E-state index in [2.05, 4.69) is 5.32 Å². The summed E-state index contributed by atoms with van der Waals surface area (Å²) < 4.78 is 32.8. The number of hydrogen-bond donors (Lipinski definition) is 2. The molecule has 0 amide bonds. The first kappa shape index (κ1) is 20.3. The highest BCUT2D eigenvalue weighted by molar-refractivity contribution is 7.89. The van der Waals surface area contributed by atoms with E-state index in [0.29, 0.717) is 18.9 Å². The van der Waals surface area contributed by atoms with Gasteiger partial charge in [0.15, 0.2) is 0 Å². The quantitative estimate of drug-likeness (QED) is 0.765. The molecule has 0 aromatic heterocycles. The summed E-state index contributed by atoms with van der Waals surface area (Å²) in [7, 11) is -3.92. The van der Waals surface area contributed by atoms with E-state index >= 15 is 0 Å². The third-order valence-electron chi connectivity index (χ3n) is 4.92. The van der Waals surface area contributed by atoms with E-state index in [4.69, 9.17) is 4.74 Å². The van der Waals surface area contributed by atoms with Crippen LogP contribution in [0.3, 0.4) is 0 Å². The summed E-state index contributed by atoms with van der Waals surface area (Å²) in [5, 5.41) is 12.5. The highest BCUT2D eigenvalue weighted by Crippen LogP contribution is 2.24. The largest absolute Gasteiger partial charge is 0.489 e. The average molecular weight is 404 g/mol. The Morgan fingerprint density at radius 1 is 1.21 bits per heavy atom. The van der Waals surface area contributed by atoms with E-state index < -0.39 is 28.1 Å². The number of carbonyl (C=O) groups is 1. The molecule has 1 saturated heterocycles. The highest BCUT2D eigenvalue weighted by Gasteiger charge is 2.41. The van der Waals surface area contributed by atoms with E-state index in [0.717, 1.165) is 15.4 Å². The predicted octanol–water partition coefficient (Wildman–Crippen LogP) is 2.01. The van der Waals surface area contributed by atoms with Gasteiger partial charge in [0.05, 0.1) is 4.90 Å². The van der Waals surface area contributed by atoms with Crippen molar-refractivity contribution in [2.75, 3.05) is 13.1 Å². The summed E-state index contributed by atoms with van der Waals surface area (Å²) in [6.45, 7) is 4.57. The van der Waals surface area contributed by atoms with Gasteiger partial charge >= 0.3 is 5.97 Å². The molecule has 0 radical (unpaired) electrons. The lowest BCUT2D eigenvalue weighted by molar-refractivity contribution is -0.143. The van der Waals surface area contributed by atoms with Gasteiger partial charge < -0.3 is 15.2 Å². The van der Waals surface area contributed by atoms with Crippen LogP contribution in [0.4, 0.5) is 0 Å². The number of rotatable bonds is 6. The first-order valence-electron chi connectivity index (χ1n) is 9.06. The molecule has 0 spiro atoms. The second kappa shape index (κ2) is 8.30. The van der Waals surface area contributed by atoms with E-state index in [9.17, 15) is 18.3 Å². The molecule has 150 valence electrons. The fraction of sp³-hybridized carbons (Fsp3) is 0.350. The third-order valence-corrected chi connectivity index (χ3v) is 6.82. The fourth-order valence-electron chi connectivity index (χ4n) is 3.29. The zero-order valence-electron chi connectivity index (χ0n) is 15.8. The smallest absolute Gasteiger partial charge is 0.323 e. The Hall–Kier alpha value is -2.42. The number of nitrogens with one attached hydrogen (secondary N) is 1. The number of aliphatic carboxylic acids is 1. The van der Waals surface area contributed by atoms with E-state index in [1.54, 1.807) is 19.1 Å². The van der Waals surface area contributed by atoms with Crippen molar-refractivity contribution in [1.29, 1.82) is 0 Å². The third kappa shape index (κ3) is 4.19. The molecule has 3 rings (SSSR count). The molecule has 1 aliphatic rings. The van der Waals surface area contributed by atoms with E-state index in [1.165, 1.54) is 12.1 Å². The summed E-state index contributed by atoms with van der Waals surface area (Å²) in [4.78, 5) is 11.6. The first-order valence-corrected chi connectivity index (χ1v) is 10.5. The van der Waals surface area contributed by atoms with Gasteiger partial charge in [0.1, 0.15) is 18.4 Å². The first-order chi connectivity index (χ1) is 13.3. The van der Waals surface area contributed by atoms with Crippen molar-refractivity contribution in [2.45, 2.75) is 37.4 Å². The number of nitrogens with zero attached hydrogens (tertiary/aromatic N) is 1. The molecule has 2 atom stereocenters. The number of piperazine rings is 1. The maximum Gasteiger partial charge on any atom is 0.323 e. The van der Waals surface area contributed by atoms with Crippen LogP contribution in [0.25, 0.3) is 0 Å². The number of carboxylic acids is 1. The van der Waals surface area contributed by atoms with Crippen molar-refractivity contribution in [1.82, 2.24) is 9.62 Å². The molecule has 0 aliphatic carbocycles. The van der Waals surface area contributed by atoms with Crippen LogP contribution in [0.1, 0.15) is 18.1 Å². The van der Waals surface area contributed by atoms with Crippen molar-refractivity contribution in [3.05, 3.63) is 59.7 Å². The van der Waals surface area contributed by atoms with Gasteiger partial charge in [-0.3, -0.25) is 4.79 Å². The zero-order chi connectivity index (χ0) is 20.3. The van der Waals surface area contributed by atoms with Gasteiger partial charge in [0, 0.05) is 19.1 Å². The Bertz CT molecular complexity index is 943. The molecule has 1 heterocycles. The topological polar surface area (TPSA) is 95.9 Å². The second-order valence-electron chi connectivity index (χ2n) is 6.83. The Morgan fingerprint density at radius 2 is 1.89 bits per heavy atom. The Balaban J connectivity index is 1.76. The van der Waals surface area contributed by atoms with Gasteiger partial charge in [-0.05, 0) is 49.2 Å². The molecule has 1 aliphatic heterocycles. The lowest BCUT2D eigenvalue weighted by atomic mass is 10.1. The summed E-state index contributed by atoms with van der Waals surface area (Å²) in [5.74, 6) is -0.618. The zero-order valence-corrected chi connectivity index (χ0v) is 16.6. The van der Waals surface area contributed by atoms with Gasteiger partial charge in [-0.2, -0.15) is 4.31 Å². The van der Waals surface area contributed by atoms with Gasteiger partial charge in [-0.15, -0.1) is 0 Å². The number of hydrogen-bond acceptors (Lipinski definition) is 5. The fourth-order valence-corrected chi connectivity index (χ4v) is 4.94. The molecule has 0 bridgehead atoms. The SMILES string of the molecule is Cc1ccccc1COc1ccc(S(=O)(=O)N2CCNC(C)C2C(=O)O)cc1. The van der Waals surface area contributed by atoms with E-state index in [1.807, 2.05) is 31.2 Å². The molecule has 2 aromatic carbocycles. The normalized spacial score (nSPS) is 20.6. The van der Waals surface area contributed by atoms with Gasteiger partial charge in [-0.25, -0.2) is 8.42 Å². The van der Waals surface area contributed by atoms with Gasteiger partial charge in [0.25, 0.3) is 0 Å². The molecule has 2 N–H and O–H groups in total. The van der Waals surface area contributed by atoms with Crippen molar-refractivity contribution >= 4 is 16.0 Å². The lowest BCUT2D eigenvalue weighted by Gasteiger charge is -2.36. The maximum atomic E-state index is 13.0. The number of aryl methyl sites for hydroxylation is 1. The van der Waals surface area contributed by atoms with E-state index in [-0.39, 0.29) is 11.4 Å². The lowest BCUT2D eigenvalue weighted by Crippen LogP contribution is -2.61. The maximum absolute atomic E-state index is 13.0. The van der Waals surface area contributed by atoms with Crippen LogP contribution in [0.2, 0.25) is 0 Å². The monoisotopic (exact) mass is 404 g/mol. The predicted molar refractivity (Wildman–Crippen MR) is 105 cm³/mol. The molecular weight excluding hydrogens is 380 g/mol. The Kier molecular flexibility index (Phi) is 6.02. The molecule has 28 heavy (non-hydrogen) atoms. The van der Waals surface area contributed by atoms with Crippen LogP contribution in [-0.4, -0.2) is 49.0 Å². The molecule has 8 heteroatoms. The number of benzene rings is 2. The van der Waals surface area contributed by atoms with Crippen LogP contribution in [0, 0.1) is 6.92 Å². The van der Waals surface area contributed by atoms with Crippen LogP contribution < -0.4 is 10.1 Å². The standard InChI is InChI=1S/C20H24N2O5S/c1-14-5-3-4-6-16(14)13-27-17-7-9-18(10-8-17)28(25,26)22-12-11-21-15(2)19(22)20(23)24/h3-10,15,19,21H,11-13H2,1-2H3,(H,23,24). The summed E-state index contributed by atoms with van der Waals surface area (Å²) in [6.07, 6.45) is 0. The minimum absolute atomic E-state index is 0.0519. The molecular formula is C20H24N2O5S. The summed E-state index contributed by atoms with van der Waals surface area (Å²) in [5.41, 5.74) is 2.17. The minimum Gasteiger partial charge on any atom is -0.489 e. The van der Waals surface area contributed by atoms with Crippen molar-refractivity contribution in [3.63, 3.8) is 0 Å². The van der Waals surface area contributed by atoms with Crippen LogP contribution >= 0.6 is 0 Å². The second-order valence-corrected chi connectivity index (χ2v) is 8.72. The number of sulfonamides is 1. The Morgan fingerprint density at radius 3 is 2.54 bits per heavy atom. The molecule has 7 nitrogen and oxygen atoms in total. The summed E-state index contributed by atoms with van der Waals surface area (Å²) in [6, 6.07) is 12.3. The molecule has 1 fully saturated rings. The number of ether oxygens (including phenoxy) is 1. The highest BCUT2D eigenvalue weighted by atomic mass is 32.2. The average Bonchev–Trinajstić information content (AvgIpc) is 2.67.